The van der Waals surface area contributed by atoms with Gasteiger partial charge in [0, 0.05) is 19.1 Å². The summed E-state index contributed by atoms with van der Waals surface area (Å²) in [6.07, 6.45) is 4.10. The number of hydrogen-bond donors (Lipinski definition) is 1. The molecule has 7 nitrogen and oxygen atoms in total. The van der Waals surface area contributed by atoms with Crippen LogP contribution in [0.3, 0.4) is 0 Å². The molecule has 1 heterocycles. The lowest BCUT2D eigenvalue weighted by molar-refractivity contribution is 0.0758. The molecule has 1 aliphatic rings. The highest BCUT2D eigenvalue weighted by atomic mass is 32.2. The summed E-state index contributed by atoms with van der Waals surface area (Å²) < 4.78 is 39.3. The van der Waals surface area contributed by atoms with Crippen molar-refractivity contribution in [2.45, 2.75) is 43.5 Å². The molecule has 3 rings (SSSR count). The first-order chi connectivity index (χ1) is 14.9. The van der Waals surface area contributed by atoms with Crippen LogP contribution in [0.15, 0.2) is 47.4 Å². The third kappa shape index (κ3) is 5.57. The van der Waals surface area contributed by atoms with Gasteiger partial charge in [-0.05, 0) is 55.7 Å². The number of ether oxygens (including phenoxy) is 2. The lowest BCUT2D eigenvalue weighted by atomic mass is 10.1. The molecule has 0 spiro atoms. The number of carbonyl (C=O) groups is 1. The van der Waals surface area contributed by atoms with E-state index in [1.54, 1.807) is 31.1 Å². The number of sulfonamides is 1. The molecule has 8 heteroatoms. The van der Waals surface area contributed by atoms with E-state index in [0.29, 0.717) is 24.6 Å². The molecule has 2 aromatic rings. The Morgan fingerprint density at radius 1 is 0.968 bits per heavy atom. The molecule has 0 aromatic heterocycles. The van der Waals surface area contributed by atoms with Crippen LogP contribution in [0.4, 0.5) is 0 Å². The van der Waals surface area contributed by atoms with E-state index in [1.165, 1.54) is 25.3 Å². The molecule has 0 unspecified atom stereocenters. The van der Waals surface area contributed by atoms with Crippen molar-refractivity contribution in [2.24, 2.45) is 0 Å². The molecular formula is C23H30N2O5S. The summed E-state index contributed by atoms with van der Waals surface area (Å²) in [4.78, 5) is 15.0. The lowest BCUT2D eigenvalue weighted by Crippen LogP contribution is -2.32. The molecule has 0 radical (unpaired) electrons. The molecule has 168 valence electrons. The summed E-state index contributed by atoms with van der Waals surface area (Å²) in [5.41, 5.74) is 1.07. The molecule has 1 fully saturated rings. The van der Waals surface area contributed by atoms with Crippen molar-refractivity contribution >= 4 is 15.9 Å². The van der Waals surface area contributed by atoms with Crippen molar-refractivity contribution in [2.75, 3.05) is 27.3 Å². The molecule has 1 saturated heterocycles. The van der Waals surface area contributed by atoms with E-state index < -0.39 is 16.1 Å². The van der Waals surface area contributed by atoms with Gasteiger partial charge in [-0.1, -0.05) is 25.0 Å². The Balaban J connectivity index is 1.85. The third-order valence-electron chi connectivity index (χ3n) is 5.55. The van der Waals surface area contributed by atoms with Crippen molar-refractivity contribution in [3.63, 3.8) is 0 Å². The van der Waals surface area contributed by atoms with Crippen LogP contribution in [0.5, 0.6) is 11.5 Å². The fourth-order valence-electron chi connectivity index (χ4n) is 3.73. The number of likely N-dealkylation sites (tertiary alicyclic amines) is 1. The number of carbonyl (C=O) groups excluding carboxylic acids is 1. The Morgan fingerprint density at radius 3 is 2.19 bits per heavy atom. The quantitative estimate of drug-likeness (QED) is 0.700. The Bertz CT molecular complexity index is 997. The van der Waals surface area contributed by atoms with E-state index in [-0.39, 0.29) is 16.4 Å². The van der Waals surface area contributed by atoms with Gasteiger partial charge in [0.05, 0.1) is 24.7 Å². The molecule has 0 bridgehead atoms. The van der Waals surface area contributed by atoms with Gasteiger partial charge in [0.1, 0.15) is 11.5 Å². The van der Waals surface area contributed by atoms with Crippen LogP contribution < -0.4 is 14.2 Å². The third-order valence-corrected chi connectivity index (χ3v) is 7.09. The summed E-state index contributed by atoms with van der Waals surface area (Å²) in [5, 5.41) is 0. The van der Waals surface area contributed by atoms with Crippen molar-refractivity contribution in [1.29, 1.82) is 0 Å². The van der Waals surface area contributed by atoms with Gasteiger partial charge < -0.3 is 14.4 Å². The van der Waals surface area contributed by atoms with Gasteiger partial charge in [0.15, 0.2) is 0 Å². The van der Waals surface area contributed by atoms with Crippen molar-refractivity contribution in [3.8, 4) is 11.5 Å². The monoisotopic (exact) mass is 446 g/mol. The van der Waals surface area contributed by atoms with Crippen molar-refractivity contribution in [1.82, 2.24) is 9.62 Å². The number of nitrogens with zero attached hydrogens (tertiary/aromatic N) is 1. The summed E-state index contributed by atoms with van der Waals surface area (Å²) in [5.74, 6) is 0.876. The maximum Gasteiger partial charge on any atom is 0.257 e. The largest absolute Gasteiger partial charge is 0.497 e. The van der Waals surface area contributed by atoms with Crippen molar-refractivity contribution < 1.29 is 22.7 Å². The average molecular weight is 447 g/mol. The van der Waals surface area contributed by atoms with Crippen LogP contribution >= 0.6 is 0 Å². The lowest BCUT2D eigenvalue weighted by Gasteiger charge is -2.22. The predicted molar refractivity (Wildman–Crippen MR) is 119 cm³/mol. The smallest absolute Gasteiger partial charge is 0.257 e. The zero-order valence-corrected chi connectivity index (χ0v) is 19.1. The Morgan fingerprint density at radius 2 is 1.61 bits per heavy atom. The van der Waals surface area contributed by atoms with E-state index in [1.807, 2.05) is 12.1 Å². The van der Waals surface area contributed by atoms with E-state index in [4.69, 9.17) is 9.47 Å². The summed E-state index contributed by atoms with van der Waals surface area (Å²) in [6.45, 7) is 3.11. The first-order valence-corrected chi connectivity index (χ1v) is 12.0. The van der Waals surface area contributed by atoms with Crippen LogP contribution in [0.25, 0.3) is 0 Å². The van der Waals surface area contributed by atoms with Gasteiger partial charge >= 0.3 is 0 Å². The fraction of sp³-hybridized carbons (Fsp3) is 0.435. The Kier molecular flexibility index (Phi) is 7.56. The first kappa shape index (κ1) is 23.1. The highest BCUT2D eigenvalue weighted by Crippen LogP contribution is 2.26. The predicted octanol–water partition coefficient (Wildman–Crippen LogP) is 3.76. The average Bonchev–Trinajstić information content (AvgIpc) is 3.07. The molecule has 31 heavy (non-hydrogen) atoms. The van der Waals surface area contributed by atoms with Crippen LogP contribution in [-0.2, 0) is 10.0 Å². The normalized spacial score (nSPS) is 15.8. The number of rotatable bonds is 7. The summed E-state index contributed by atoms with van der Waals surface area (Å²) in [7, 11) is -0.792. The molecule has 0 aliphatic carbocycles. The number of benzene rings is 2. The minimum absolute atomic E-state index is 0.0341. The van der Waals surface area contributed by atoms with Gasteiger partial charge in [-0.15, -0.1) is 0 Å². The number of amides is 1. The number of methoxy groups -OCH3 is 2. The van der Waals surface area contributed by atoms with Crippen LogP contribution in [0.1, 0.15) is 54.6 Å². The molecule has 2 aromatic carbocycles. The minimum atomic E-state index is -3.85. The summed E-state index contributed by atoms with van der Waals surface area (Å²) >= 11 is 0. The maximum atomic E-state index is 13.1. The van der Waals surface area contributed by atoms with Crippen LogP contribution in [-0.4, -0.2) is 46.5 Å². The minimum Gasteiger partial charge on any atom is -0.497 e. The fourth-order valence-corrected chi connectivity index (χ4v) is 4.98. The Hall–Kier alpha value is -2.58. The second-order valence-corrected chi connectivity index (χ2v) is 9.40. The standard InChI is InChI=1S/C23H30N2O5S/c1-17(18-8-10-19(29-2)11-9-18)24-31(27,28)20-12-13-22(30-3)21(16-20)23(26)25-14-6-4-5-7-15-25/h8-13,16-17,24H,4-7,14-15H2,1-3H3/t17-/m0/s1. The van der Waals surface area contributed by atoms with Gasteiger partial charge in [-0.3, -0.25) is 4.79 Å². The number of nitrogens with one attached hydrogen (secondary N) is 1. The topological polar surface area (TPSA) is 84.9 Å². The molecule has 1 atom stereocenters. The van der Waals surface area contributed by atoms with Crippen LogP contribution in [0.2, 0.25) is 0 Å². The van der Waals surface area contributed by atoms with Crippen molar-refractivity contribution in [3.05, 3.63) is 53.6 Å². The highest BCUT2D eigenvalue weighted by Gasteiger charge is 2.25. The second-order valence-electron chi connectivity index (χ2n) is 7.68. The Labute approximate surface area is 184 Å². The maximum absolute atomic E-state index is 13.1. The molecule has 1 N–H and O–H groups in total. The number of hydrogen-bond acceptors (Lipinski definition) is 5. The second kappa shape index (κ2) is 10.2. The van der Waals surface area contributed by atoms with E-state index >= 15 is 0 Å². The van der Waals surface area contributed by atoms with E-state index in [9.17, 15) is 13.2 Å². The molecule has 0 saturated carbocycles. The zero-order valence-electron chi connectivity index (χ0n) is 18.3. The molecule has 1 aliphatic heterocycles. The van der Waals surface area contributed by atoms with Crippen LogP contribution in [0, 0.1) is 0 Å². The van der Waals surface area contributed by atoms with E-state index in [2.05, 4.69) is 4.72 Å². The first-order valence-electron chi connectivity index (χ1n) is 10.5. The highest BCUT2D eigenvalue weighted by molar-refractivity contribution is 7.89. The van der Waals surface area contributed by atoms with Gasteiger partial charge in [-0.25, -0.2) is 13.1 Å². The van der Waals surface area contributed by atoms with Gasteiger partial charge in [0.25, 0.3) is 5.91 Å². The van der Waals surface area contributed by atoms with Gasteiger partial charge in [-0.2, -0.15) is 0 Å². The molecule has 1 amide bonds. The summed E-state index contributed by atoms with van der Waals surface area (Å²) in [6, 6.07) is 11.1. The SMILES string of the molecule is COc1ccc([C@H](C)NS(=O)(=O)c2ccc(OC)c(C(=O)N3CCCCCC3)c2)cc1. The zero-order chi connectivity index (χ0) is 22.4. The van der Waals surface area contributed by atoms with E-state index in [0.717, 1.165) is 31.2 Å². The molecular weight excluding hydrogens is 416 g/mol. The van der Waals surface area contributed by atoms with Gasteiger partial charge in [0.2, 0.25) is 10.0 Å².